The largest absolute Gasteiger partial charge is 0.351 e. The molecule has 0 spiro atoms. The van der Waals surface area contributed by atoms with Gasteiger partial charge in [-0.1, -0.05) is 28.4 Å². The Hall–Kier alpha value is -0.610. The second-order valence-electron chi connectivity index (χ2n) is 5.77. The predicted molar refractivity (Wildman–Crippen MR) is 82.9 cm³/mol. The van der Waals surface area contributed by atoms with Gasteiger partial charge >= 0.3 is 0 Å². The fourth-order valence-electron chi connectivity index (χ4n) is 3.44. The lowest BCUT2D eigenvalue weighted by molar-refractivity contribution is 0.115. The maximum absolute atomic E-state index is 4.64. The fraction of sp³-hybridized carbons (Fsp3) is 0.667. The molecule has 0 radical (unpaired) electrons. The molecule has 0 bridgehead atoms. The molecule has 4 heteroatoms. The van der Waals surface area contributed by atoms with E-state index < -0.39 is 0 Å². The predicted octanol–water partition coefficient (Wildman–Crippen LogP) is 3.04. The normalized spacial score (nSPS) is 28.2. The first-order chi connectivity index (χ1) is 9.29. The number of hydrogen-bond acceptors (Lipinski definition) is 3. The van der Waals surface area contributed by atoms with Gasteiger partial charge in [-0.25, -0.2) is 4.98 Å². The van der Waals surface area contributed by atoms with Crippen LogP contribution in [0.3, 0.4) is 0 Å². The van der Waals surface area contributed by atoms with E-state index in [4.69, 9.17) is 0 Å². The number of anilines is 1. The lowest BCUT2D eigenvalue weighted by Crippen LogP contribution is -2.59. The zero-order chi connectivity index (χ0) is 13.2. The van der Waals surface area contributed by atoms with Crippen LogP contribution in [0.5, 0.6) is 0 Å². The van der Waals surface area contributed by atoms with Gasteiger partial charge in [0.1, 0.15) is 5.82 Å². The molecule has 1 aromatic heterocycles. The summed E-state index contributed by atoms with van der Waals surface area (Å²) in [5.41, 5.74) is 1.30. The van der Waals surface area contributed by atoms with Gasteiger partial charge < -0.3 is 4.90 Å². The summed E-state index contributed by atoms with van der Waals surface area (Å²) in [5.74, 6) is 1.18. The minimum Gasteiger partial charge on any atom is -0.351 e. The number of pyridine rings is 1. The Balaban J connectivity index is 1.83. The molecule has 1 aromatic rings. The van der Waals surface area contributed by atoms with E-state index in [0.29, 0.717) is 6.04 Å². The van der Waals surface area contributed by atoms with Crippen molar-refractivity contribution in [3.8, 4) is 0 Å². The highest BCUT2D eigenvalue weighted by atomic mass is 79.9. The van der Waals surface area contributed by atoms with Gasteiger partial charge in [0.25, 0.3) is 0 Å². The van der Waals surface area contributed by atoms with E-state index in [0.717, 1.165) is 17.9 Å². The Morgan fingerprint density at radius 2 is 2.26 bits per heavy atom. The molecule has 0 saturated carbocycles. The van der Waals surface area contributed by atoms with Crippen LogP contribution >= 0.6 is 15.9 Å². The molecule has 19 heavy (non-hydrogen) atoms. The van der Waals surface area contributed by atoms with Crippen LogP contribution in [0.15, 0.2) is 18.3 Å². The summed E-state index contributed by atoms with van der Waals surface area (Å²) >= 11 is 3.59. The molecular weight excluding hydrogens is 302 g/mol. The molecule has 2 saturated heterocycles. The van der Waals surface area contributed by atoms with Crippen LogP contribution in [0.1, 0.15) is 31.7 Å². The van der Waals surface area contributed by atoms with Gasteiger partial charge in [-0.15, -0.1) is 0 Å². The highest BCUT2D eigenvalue weighted by Crippen LogP contribution is 2.29. The van der Waals surface area contributed by atoms with Crippen LogP contribution in [0.2, 0.25) is 0 Å². The van der Waals surface area contributed by atoms with Crippen molar-refractivity contribution in [3.05, 3.63) is 23.9 Å². The van der Waals surface area contributed by atoms with Crippen molar-refractivity contribution in [1.82, 2.24) is 9.88 Å². The first-order valence-corrected chi connectivity index (χ1v) is 8.42. The molecule has 3 heterocycles. The van der Waals surface area contributed by atoms with Gasteiger partial charge in [-0.2, -0.15) is 0 Å². The lowest BCUT2D eigenvalue weighted by Gasteiger charge is -2.48. The monoisotopic (exact) mass is 323 g/mol. The quantitative estimate of drug-likeness (QED) is 0.780. The van der Waals surface area contributed by atoms with Crippen LogP contribution in [0.25, 0.3) is 0 Å². The van der Waals surface area contributed by atoms with E-state index >= 15 is 0 Å². The Morgan fingerprint density at radius 3 is 3.11 bits per heavy atom. The number of piperidine rings is 1. The molecular formula is C15H22BrN3. The zero-order valence-electron chi connectivity index (χ0n) is 11.6. The van der Waals surface area contributed by atoms with Crippen molar-refractivity contribution in [2.75, 3.05) is 24.5 Å². The third kappa shape index (κ3) is 2.65. The van der Waals surface area contributed by atoms with Crippen molar-refractivity contribution in [3.63, 3.8) is 0 Å². The Kier molecular flexibility index (Phi) is 4.08. The number of aromatic nitrogens is 1. The molecule has 0 amide bonds. The molecule has 0 aromatic carbocycles. The molecule has 3 rings (SSSR count). The number of hydrogen-bond donors (Lipinski definition) is 0. The second-order valence-corrected chi connectivity index (χ2v) is 6.33. The molecule has 0 N–H and O–H groups in total. The second kappa shape index (κ2) is 5.80. The van der Waals surface area contributed by atoms with Gasteiger partial charge in [-0.3, -0.25) is 4.90 Å². The number of rotatable bonds is 2. The number of alkyl halides is 1. The van der Waals surface area contributed by atoms with Crippen molar-refractivity contribution in [1.29, 1.82) is 0 Å². The highest BCUT2D eigenvalue weighted by molar-refractivity contribution is 9.08. The fourth-order valence-corrected chi connectivity index (χ4v) is 3.88. The Bertz CT molecular complexity index is 437. The van der Waals surface area contributed by atoms with Crippen LogP contribution < -0.4 is 4.90 Å². The van der Waals surface area contributed by atoms with E-state index in [1.807, 2.05) is 12.3 Å². The van der Waals surface area contributed by atoms with Gasteiger partial charge in [-0.05, 0) is 32.4 Å². The average Bonchev–Trinajstić information content (AvgIpc) is 2.46. The number of nitrogens with zero attached hydrogens (tertiary/aromatic N) is 3. The average molecular weight is 324 g/mol. The Morgan fingerprint density at radius 1 is 1.37 bits per heavy atom. The van der Waals surface area contributed by atoms with E-state index in [2.05, 4.69) is 43.7 Å². The molecule has 104 valence electrons. The van der Waals surface area contributed by atoms with Crippen molar-refractivity contribution in [2.45, 2.75) is 43.6 Å². The molecule has 2 aliphatic rings. The summed E-state index contributed by atoms with van der Waals surface area (Å²) < 4.78 is 0. The first kappa shape index (κ1) is 13.4. The number of piperazine rings is 1. The Labute approximate surface area is 124 Å². The van der Waals surface area contributed by atoms with Crippen molar-refractivity contribution < 1.29 is 0 Å². The van der Waals surface area contributed by atoms with Crippen molar-refractivity contribution >= 4 is 21.7 Å². The molecule has 3 nitrogen and oxygen atoms in total. The SMILES string of the molecule is CC1CN2CCCCC2CN1c1ncccc1CBr. The topological polar surface area (TPSA) is 19.4 Å². The highest BCUT2D eigenvalue weighted by Gasteiger charge is 2.34. The summed E-state index contributed by atoms with van der Waals surface area (Å²) in [6.45, 7) is 5.94. The van der Waals surface area contributed by atoms with E-state index in [-0.39, 0.29) is 0 Å². The van der Waals surface area contributed by atoms with E-state index in [1.165, 1.54) is 43.7 Å². The number of halogens is 1. The van der Waals surface area contributed by atoms with Gasteiger partial charge in [0.05, 0.1) is 0 Å². The third-order valence-corrected chi connectivity index (χ3v) is 5.07. The lowest BCUT2D eigenvalue weighted by atomic mass is 9.97. The van der Waals surface area contributed by atoms with E-state index in [1.54, 1.807) is 0 Å². The van der Waals surface area contributed by atoms with Gasteiger partial charge in [0, 0.05) is 42.3 Å². The summed E-state index contributed by atoms with van der Waals surface area (Å²) in [7, 11) is 0. The summed E-state index contributed by atoms with van der Waals surface area (Å²) in [6.07, 6.45) is 6.03. The number of fused-ring (bicyclic) bond motifs is 1. The summed E-state index contributed by atoms with van der Waals surface area (Å²) in [6, 6.07) is 5.50. The summed E-state index contributed by atoms with van der Waals surface area (Å²) in [4.78, 5) is 9.84. The zero-order valence-corrected chi connectivity index (χ0v) is 13.1. The minimum absolute atomic E-state index is 0.557. The first-order valence-electron chi connectivity index (χ1n) is 7.30. The van der Waals surface area contributed by atoms with Crippen LogP contribution in [0.4, 0.5) is 5.82 Å². The van der Waals surface area contributed by atoms with Crippen LogP contribution in [0, 0.1) is 0 Å². The van der Waals surface area contributed by atoms with Gasteiger partial charge in [0.15, 0.2) is 0 Å². The standard InChI is InChI=1S/C15H22BrN3/c1-12-10-18-8-3-2-6-14(18)11-19(12)15-13(9-16)5-4-7-17-15/h4-5,7,12,14H,2-3,6,8-11H2,1H3. The van der Waals surface area contributed by atoms with Gasteiger partial charge in [0.2, 0.25) is 0 Å². The minimum atomic E-state index is 0.557. The molecule has 0 aliphatic carbocycles. The van der Waals surface area contributed by atoms with E-state index in [9.17, 15) is 0 Å². The van der Waals surface area contributed by atoms with Crippen LogP contribution in [-0.2, 0) is 5.33 Å². The molecule has 2 unspecified atom stereocenters. The van der Waals surface area contributed by atoms with Crippen molar-refractivity contribution in [2.24, 2.45) is 0 Å². The molecule has 2 atom stereocenters. The summed E-state index contributed by atoms with van der Waals surface area (Å²) in [5, 5.41) is 0.883. The molecule has 2 fully saturated rings. The molecule has 2 aliphatic heterocycles. The maximum Gasteiger partial charge on any atom is 0.132 e. The van der Waals surface area contributed by atoms with Crippen LogP contribution in [-0.4, -0.2) is 41.6 Å². The third-order valence-electron chi connectivity index (χ3n) is 4.47. The smallest absolute Gasteiger partial charge is 0.132 e. The maximum atomic E-state index is 4.64.